The van der Waals surface area contributed by atoms with Crippen LogP contribution in [0, 0.1) is 5.41 Å². The van der Waals surface area contributed by atoms with E-state index in [2.05, 4.69) is 37.9 Å². The number of thiazole rings is 1. The Bertz CT molecular complexity index is 611. The molecule has 0 fully saturated rings. The predicted octanol–water partition coefficient (Wildman–Crippen LogP) is 3.35. The highest BCUT2D eigenvalue weighted by atomic mass is 32.1. The summed E-state index contributed by atoms with van der Waals surface area (Å²) in [7, 11) is 0. The highest BCUT2D eigenvalue weighted by molar-refractivity contribution is 7.09. The molecular weight excluding hydrogens is 282 g/mol. The molecule has 1 heterocycles. The Morgan fingerprint density at radius 1 is 1.29 bits per heavy atom. The molecule has 0 bridgehead atoms. The number of benzene rings is 1. The molecule has 0 aliphatic rings. The summed E-state index contributed by atoms with van der Waals surface area (Å²) in [5, 5.41) is 10.1. The van der Waals surface area contributed by atoms with E-state index in [1.165, 1.54) is 16.9 Å². The Labute approximate surface area is 129 Å². The van der Waals surface area contributed by atoms with Crippen molar-refractivity contribution in [2.45, 2.75) is 32.6 Å². The molecule has 4 nitrogen and oxygen atoms in total. The van der Waals surface area contributed by atoms with Crippen molar-refractivity contribution in [1.29, 1.82) is 5.41 Å². The van der Waals surface area contributed by atoms with E-state index in [0.717, 1.165) is 17.2 Å². The fourth-order valence-corrected chi connectivity index (χ4v) is 2.64. The number of aromatic nitrogens is 1. The maximum Gasteiger partial charge on any atom is 0.142 e. The molecule has 0 amide bonds. The monoisotopic (exact) mass is 303 g/mol. The van der Waals surface area contributed by atoms with Crippen molar-refractivity contribution in [2.24, 2.45) is 5.73 Å². The minimum Gasteiger partial charge on any atom is -0.493 e. The highest BCUT2D eigenvalue weighted by Crippen LogP contribution is 2.24. The first-order valence-corrected chi connectivity index (χ1v) is 7.76. The van der Waals surface area contributed by atoms with E-state index in [1.807, 2.05) is 12.1 Å². The van der Waals surface area contributed by atoms with E-state index in [-0.39, 0.29) is 11.3 Å². The summed E-state index contributed by atoms with van der Waals surface area (Å²) in [6.45, 7) is 7.15. The molecule has 1 aromatic heterocycles. The molecule has 0 aliphatic carbocycles. The first-order chi connectivity index (χ1) is 9.86. The van der Waals surface area contributed by atoms with Crippen LogP contribution < -0.4 is 10.5 Å². The van der Waals surface area contributed by atoms with Crippen LogP contribution in [-0.2, 0) is 11.8 Å². The molecule has 0 spiro atoms. The SMILES string of the molecule is CC(C)(C)c1ccc(OCCc2nc(C(=N)N)cs2)cc1. The van der Waals surface area contributed by atoms with Crippen LogP contribution >= 0.6 is 11.3 Å². The molecule has 5 heteroatoms. The van der Waals surface area contributed by atoms with Crippen molar-refractivity contribution in [1.82, 2.24) is 4.98 Å². The lowest BCUT2D eigenvalue weighted by molar-refractivity contribution is 0.321. The Morgan fingerprint density at radius 2 is 1.95 bits per heavy atom. The molecule has 21 heavy (non-hydrogen) atoms. The molecule has 0 atom stereocenters. The van der Waals surface area contributed by atoms with E-state index in [1.54, 1.807) is 5.38 Å². The van der Waals surface area contributed by atoms with E-state index >= 15 is 0 Å². The summed E-state index contributed by atoms with van der Waals surface area (Å²) in [5.74, 6) is 0.877. The number of nitrogens with zero attached hydrogens (tertiary/aromatic N) is 1. The van der Waals surface area contributed by atoms with Gasteiger partial charge in [-0.3, -0.25) is 5.41 Å². The quantitative estimate of drug-likeness (QED) is 0.657. The fourth-order valence-electron chi connectivity index (χ4n) is 1.86. The predicted molar refractivity (Wildman–Crippen MR) is 87.5 cm³/mol. The molecule has 0 aliphatic heterocycles. The Morgan fingerprint density at radius 3 is 2.48 bits per heavy atom. The molecule has 0 saturated carbocycles. The van der Waals surface area contributed by atoms with Gasteiger partial charge in [0.15, 0.2) is 0 Å². The lowest BCUT2D eigenvalue weighted by Gasteiger charge is -2.19. The smallest absolute Gasteiger partial charge is 0.142 e. The maximum absolute atomic E-state index is 7.32. The van der Waals surface area contributed by atoms with E-state index in [9.17, 15) is 0 Å². The zero-order chi connectivity index (χ0) is 15.5. The lowest BCUT2D eigenvalue weighted by atomic mass is 9.87. The van der Waals surface area contributed by atoms with Crippen LogP contribution in [0.1, 0.15) is 37.0 Å². The number of rotatable bonds is 5. The first kappa shape index (κ1) is 15.5. The topological polar surface area (TPSA) is 72.0 Å². The molecule has 112 valence electrons. The number of amidine groups is 1. The fraction of sp³-hybridized carbons (Fsp3) is 0.375. The molecule has 3 N–H and O–H groups in total. The number of hydrogen-bond acceptors (Lipinski definition) is 4. The normalized spacial score (nSPS) is 11.4. The van der Waals surface area contributed by atoms with Gasteiger partial charge in [0, 0.05) is 11.8 Å². The van der Waals surface area contributed by atoms with Crippen LogP contribution in [0.25, 0.3) is 0 Å². The molecule has 0 saturated heterocycles. The van der Waals surface area contributed by atoms with Crippen LogP contribution in [0.4, 0.5) is 0 Å². The van der Waals surface area contributed by atoms with Gasteiger partial charge in [-0.25, -0.2) is 4.98 Å². The molecule has 1 aromatic carbocycles. The second-order valence-corrected chi connectivity index (χ2v) is 6.86. The summed E-state index contributed by atoms with van der Waals surface area (Å²) >= 11 is 1.51. The maximum atomic E-state index is 7.32. The molecule has 0 radical (unpaired) electrons. The van der Waals surface area contributed by atoms with Gasteiger partial charge in [-0.2, -0.15) is 0 Å². The van der Waals surface area contributed by atoms with Crippen molar-refractivity contribution in [3.8, 4) is 5.75 Å². The summed E-state index contributed by atoms with van der Waals surface area (Å²) < 4.78 is 5.73. The van der Waals surface area contributed by atoms with Gasteiger partial charge in [0.2, 0.25) is 0 Å². The summed E-state index contributed by atoms with van der Waals surface area (Å²) in [4.78, 5) is 4.28. The van der Waals surface area contributed by atoms with Crippen molar-refractivity contribution in [2.75, 3.05) is 6.61 Å². The average Bonchev–Trinajstić information content (AvgIpc) is 2.87. The van der Waals surface area contributed by atoms with Crippen molar-refractivity contribution in [3.05, 3.63) is 45.9 Å². The zero-order valence-corrected chi connectivity index (χ0v) is 13.5. The summed E-state index contributed by atoms with van der Waals surface area (Å²) in [6.07, 6.45) is 0.721. The number of nitrogens with two attached hydrogens (primary N) is 1. The Balaban J connectivity index is 1.87. The third-order valence-electron chi connectivity index (χ3n) is 3.13. The van der Waals surface area contributed by atoms with Crippen LogP contribution in [0.5, 0.6) is 5.75 Å². The van der Waals surface area contributed by atoms with Gasteiger partial charge >= 0.3 is 0 Å². The van der Waals surface area contributed by atoms with Gasteiger partial charge in [0.1, 0.15) is 17.3 Å². The van der Waals surface area contributed by atoms with Crippen molar-refractivity contribution < 1.29 is 4.74 Å². The van der Waals surface area contributed by atoms with Gasteiger partial charge < -0.3 is 10.5 Å². The van der Waals surface area contributed by atoms with Gasteiger partial charge in [0.05, 0.1) is 11.6 Å². The van der Waals surface area contributed by atoms with Crippen molar-refractivity contribution >= 4 is 17.2 Å². The standard InChI is InChI=1S/C16H21N3OS/c1-16(2,3)11-4-6-12(7-5-11)20-9-8-14-19-13(10-21-14)15(17)18/h4-7,10H,8-9H2,1-3H3,(H3,17,18). The number of nitrogen functional groups attached to an aromatic ring is 1. The Kier molecular flexibility index (Phi) is 4.63. The van der Waals surface area contributed by atoms with Gasteiger partial charge in [-0.15, -0.1) is 11.3 Å². The average molecular weight is 303 g/mol. The number of nitrogens with one attached hydrogen (secondary N) is 1. The molecule has 2 rings (SSSR count). The lowest BCUT2D eigenvalue weighted by Crippen LogP contribution is -2.11. The molecule has 0 unspecified atom stereocenters. The van der Waals surface area contributed by atoms with E-state index < -0.39 is 0 Å². The third-order valence-corrected chi connectivity index (χ3v) is 4.04. The van der Waals surface area contributed by atoms with Gasteiger partial charge in [-0.1, -0.05) is 32.9 Å². The number of ether oxygens (including phenoxy) is 1. The van der Waals surface area contributed by atoms with Crippen LogP contribution in [0.2, 0.25) is 0 Å². The molecule has 2 aromatic rings. The minimum atomic E-state index is 0.0104. The first-order valence-electron chi connectivity index (χ1n) is 6.88. The van der Waals surface area contributed by atoms with Crippen LogP contribution in [0.15, 0.2) is 29.6 Å². The molecular formula is C16H21N3OS. The van der Waals surface area contributed by atoms with Crippen LogP contribution in [-0.4, -0.2) is 17.4 Å². The second kappa shape index (κ2) is 6.26. The Hall–Kier alpha value is -1.88. The van der Waals surface area contributed by atoms with Crippen LogP contribution in [0.3, 0.4) is 0 Å². The van der Waals surface area contributed by atoms with Crippen molar-refractivity contribution in [3.63, 3.8) is 0 Å². The van der Waals surface area contributed by atoms with Gasteiger partial charge in [0.25, 0.3) is 0 Å². The number of hydrogen-bond donors (Lipinski definition) is 2. The van der Waals surface area contributed by atoms with Gasteiger partial charge in [-0.05, 0) is 23.1 Å². The highest BCUT2D eigenvalue weighted by Gasteiger charge is 2.13. The third kappa shape index (κ3) is 4.29. The second-order valence-electron chi connectivity index (χ2n) is 5.91. The summed E-state index contributed by atoms with van der Waals surface area (Å²) in [6, 6.07) is 8.21. The minimum absolute atomic E-state index is 0.0104. The largest absolute Gasteiger partial charge is 0.493 e. The summed E-state index contributed by atoms with van der Waals surface area (Å²) in [5.41, 5.74) is 7.39. The zero-order valence-electron chi connectivity index (χ0n) is 12.6. The van der Waals surface area contributed by atoms with E-state index in [0.29, 0.717) is 12.3 Å². The van der Waals surface area contributed by atoms with E-state index in [4.69, 9.17) is 15.9 Å².